The van der Waals surface area contributed by atoms with E-state index in [0.717, 1.165) is 0 Å². The predicted molar refractivity (Wildman–Crippen MR) is 60.8 cm³/mol. The maximum Gasteiger partial charge on any atom is 0.407 e. The lowest BCUT2D eigenvalue weighted by molar-refractivity contribution is -0.149. The van der Waals surface area contributed by atoms with Crippen LogP contribution in [0.2, 0.25) is 0 Å². The summed E-state index contributed by atoms with van der Waals surface area (Å²) in [7, 11) is 0. The third kappa shape index (κ3) is 3.25. The highest BCUT2D eigenvalue weighted by molar-refractivity contribution is 9.10. The Balaban J connectivity index is 0.00000256. The van der Waals surface area contributed by atoms with Gasteiger partial charge in [0.15, 0.2) is 0 Å². The van der Waals surface area contributed by atoms with Gasteiger partial charge in [-0.05, 0) is 12.1 Å². The molecule has 1 aromatic rings. The Morgan fingerprint density at radius 2 is 1.94 bits per heavy atom. The maximum atomic E-state index is 12.4. The third-order valence-corrected chi connectivity index (χ3v) is 2.64. The summed E-state index contributed by atoms with van der Waals surface area (Å²) in [5.41, 5.74) is 4.19. The van der Waals surface area contributed by atoms with Crippen LogP contribution < -0.4 is 5.73 Å². The zero-order valence-electron chi connectivity index (χ0n) is 8.12. The van der Waals surface area contributed by atoms with Crippen molar-refractivity contribution in [1.82, 2.24) is 0 Å². The van der Waals surface area contributed by atoms with Crippen LogP contribution in [0.5, 0.6) is 5.75 Å². The molecule has 0 saturated heterocycles. The van der Waals surface area contributed by atoms with Crippen LogP contribution in [-0.2, 0) is 0 Å². The lowest BCUT2D eigenvalue weighted by Gasteiger charge is -2.18. The van der Waals surface area contributed by atoms with Crippen LogP contribution >= 0.6 is 28.3 Å². The molecular weight excluding hydrogens is 324 g/mol. The Hall–Kier alpha value is -0.970. The van der Waals surface area contributed by atoms with Gasteiger partial charge in [0.2, 0.25) is 0 Å². The highest BCUT2D eigenvalue weighted by Gasteiger charge is 2.40. The number of aromatic hydroxyl groups is 1. The fourth-order valence-electron chi connectivity index (χ4n) is 1.13. The normalized spacial score (nSPS) is 12.5. The van der Waals surface area contributed by atoms with E-state index in [9.17, 15) is 18.3 Å². The molecule has 0 saturated carbocycles. The highest BCUT2D eigenvalue weighted by Crippen LogP contribution is 2.40. The van der Waals surface area contributed by atoms with Crippen molar-refractivity contribution < 1.29 is 18.3 Å². The molecule has 1 aromatic carbocycles. The second-order valence-electron chi connectivity index (χ2n) is 2.99. The number of benzene rings is 1. The molecule has 0 aliphatic carbocycles. The number of rotatable bonds is 1. The van der Waals surface area contributed by atoms with Crippen molar-refractivity contribution in [1.29, 1.82) is 5.26 Å². The van der Waals surface area contributed by atoms with Crippen molar-refractivity contribution in [3.05, 3.63) is 27.7 Å². The van der Waals surface area contributed by atoms with Crippen molar-refractivity contribution >= 4 is 28.3 Å². The topological polar surface area (TPSA) is 70.0 Å². The van der Waals surface area contributed by atoms with Crippen molar-refractivity contribution in [3.63, 3.8) is 0 Å². The largest absolute Gasteiger partial charge is 0.506 e. The van der Waals surface area contributed by atoms with Gasteiger partial charge in [0, 0.05) is 10.0 Å². The molecule has 8 heteroatoms. The van der Waals surface area contributed by atoms with Crippen LogP contribution in [0.1, 0.15) is 17.2 Å². The van der Waals surface area contributed by atoms with E-state index >= 15 is 0 Å². The first-order chi connectivity index (χ1) is 7.29. The Kier molecular flexibility index (Phi) is 5.26. The number of nitriles is 1. The summed E-state index contributed by atoms with van der Waals surface area (Å²) in [4.78, 5) is 0. The van der Waals surface area contributed by atoms with Crippen molar-refractivity contribution in [2.45, 2.75) is 12.2 Å². The van der Waals surface area contributed by atoms with Gasteiger partial charge in [-0.3, -0.25) is 0 Å². The minimum absolute atomic E-state index is 0. The second-order valence-corrected chi connectivity index (χ2v) is 3.84. The molecular formula is C9H7BrClF3N2O. The van der Waals surface area contributed by atoms with Gasteiger partial charge in [0.1, 0.15) is 17.9 Å². The maximum absolute atomic E-state index is 12.4. The Labute approximate surface area is 110 Å². The van der Waals surface area contributed by atoms with Crippen molar-refractivity contribution in [3.8, 4) is 11.8 Å². The number of phenolic OH excluding ortho intramolecular Hbond substituents is 1. The van der Waals surface area contributed by atoms with Crippen LogP contribution in [0, 0.1) is 11.3 Å². The van der Waals surface area contributed by atoms with Crippen LogP contribution in [0.25, 0.3) is 0 Å². The van der Waals surface area contributed by atoms with Gasteiger partial charge < -0.3 is 10.8 Å². The molecule has 0 spiro atoms. The van der Waals surface area contributed by atoms with Gasteiger partial charge in [0.25, 0.3) is 0 Å². The number of phenols is 1. The Morgan fingerprint density at radius 1 is 1.41 bits per heavy atom. The molecule has 0 amide bonds. The zero-order chi connectivity index (χ0) is 12.5. The number of alkyl halides is 3. The molecule has 0 heterocycles. The Bertz CT molecular complexity index is 459. The standard InChI is InChI=1S/C9H6BrF3N2O.ClH/c10-5-2-1-4(3-14)7(16)6(5)8(15)9(11,12)13;/h1-2,8,16H,15H2;1H/t8-;/m0./s1. The van der Waals surface area contributed by atoms with Crippen molar-refractivity contribution in [2.24, 2.45) is 5.73 Å². The molecule has 0 bridgehead atoms. The molecule has 0 radical (unpaired) electrons. The first kappa shape index (κ1) is 16.0. The number of hydrogen-bond acceptors (Lipinski definition) is 3. The highest BCUT2D eigenvalue weighted by atomic mass is 79.9. The summed E-state index contributed by atoms with van der Waals surface area (Å²) in [6, 6.07) is 1.67. The van der Waals surface area contributed by atoms with Gasteiger partial charge in [-0.1, -0.05) is 15.9 Å². The number of nitrogens with zero attached hydrogens (tertiary/aromatic N) is 1. The summed E-state index contributed by atoms with van der Waals surface area (Å²) in [5.74, 6) is -0.748. The molecule has 1 rings (SSSR count). The molecule has 0 aliphatic heterocycles. The average molecular weight is 332 g/mol. The summed E-state index contributed by atoms with van der Waals surface area (Å²) in [6.45, 7) is 0. The minimum Gasteiger partial charge on any atom is -0.506 e. The molecule has 94 valence electrons. The monoisotopic (exact) mass is 330 g/mol. The summed E-state index contributed by atoms with van der Waals surface area (Å²) >= 11 is 2.85. The number of hydrogen-bond donors (Lipinski definition) is 2. The molecule has 1 atom stereocenters. The average Bonchev–Trinajstić information content (AvgIpc) is 2.16. The van der Waals surface area contributed by atoms with E-state index in [1.165, 1.54) is 12.1 Å². The predicted octanol–water partition coefficient (Wildman–Crippen LogP) is 3.01. The summed E-state index contributed by atoms with van der Waals surface area (Å²) in [6.07, 6.45) is -4.69. The quantitative estimate of drug-likeness (QED) is 0.831. The first-order valence-electron chi connectivity index (χ1n) is 4.02. The lowest BCUT2D eigenvalue weighted by Crippen LogP contribution is -2.29. The van der Waals surface area contributed by atoms with E-state index < -0.39 is 23.5 Å². The molecule has 0 fully saturated rings. The van der Waals surface area contributed by atoms with E-state index in [1.807, 2.05) is 0 Å². The smallest absolute Gasteiger partial charge is 0.407 e. The third-order valence-electron chi connectivity index (χ3n) is 1.95. The fourth-order valence-corrected chi connectivity index (χ4v) is 1.70. The molecule has 0 unspecified atom stereocenters. The lowest BCUT2D eigenvalue weighted by atomic mass is 10.0. The molecule has 0 aromatic heterocycles. The first-order valence-corrected chi connectivity index (χ1v) is 4.82. The Morgan fingerprint density at radius 3 is 2.35 bits per heavy atom. The number of halogens is 5. The van der Waals surface area contributed by atoms with Gasteiger partial charge in [-0.2, -0.15) is 18.4 Å². The second kappa shape index (κ2) is 5.58. The molecule has 17 heavy (non-hydrogen) atoms. The molecule has 3 N–H and O–H groups in total. The summed E-state index contributed by atoms with van der Waals surface area (Å²) < 4.78 is 37.2. The SMILES string of the molecule is Cl.N#Cc1ccc(Br)c([C@H](N)C(F)(F)F)c1O. The van der Waals surface area contributed by atoms with Gasteiger partial charge >= 0.3 is 6.18 Å². The number of nitrogens with two attached hydrogens (primary N) is 1. The van der Waals surface area contributed by atoms with E-state index in [4.69, 9.17) is 11.0 Å². The van der Waals surface area contributed by atoms with Crippen molar-refractivity contribution in [2.75, 3.05) is 0 Å². The van der Waals surface area contributed by atoms with E-state index in [2.05, 4.69) is 15.9 Å². The van der Waals surface area contributed by atoms with Gasteiger partial charge in [0.05, 0.1) is 5.56 Å². The van der Waals surface area contributed by atoms with E-state index in [1.54, 1.807) is 6.07 Å². The fraction of sp³-hybridized carbons (Fsp3) is 0.222. The van der Waals surface area contributed by atoms with Crippen LogP contribution in [0.15, 0.2) is 16.6 Å². The molecule has 3 nitrogen and oxygen atoms in total. The van der Waals surface area contributed by atoms with Crippen LogP contribution in [-0.4, -0.2) is 11.3 Å². The van der Waals surface area contributed by atoms with Crippen LogP contribution in [0.3, 0.4) is 0 Å². The van der Waals surface area contributed by atoms with Gasteiger partial charge in [-0.25, -0.2) is 0 Å². The zero-order valence-corrected chi connectivity index (χ0v) is 10.5. The minimum atomic E-state index is -4.69. The summed E-state index contributed by atoms with van der Waals surface area (Å²) in [5, 5.41) is 18.0. The van der Waals surface area contributed by atoms with E-state index in [0.29, 0.717) is 0 Å². The van der Waals surface area contributed by atoms with Crippen LogP contribution in [0.4, 0.5) is 13.2 Å². The van der Waals surface area contributed by atoms with Gasteiger partial charge in [-0.15, -0.1) is 12.4 Å². The molecule has 0 aliphatic rings. The van der Waals surface area contributed by atoms with E-state index in [-0.39, 0.29) is 22.4 Å².